The Hall–Kier alpha value is -3.37. The molecule has 1 amide bonds. The summed E-state index contributed by atoms with van der Waals surface area (Å²) in [6, 6.07) is 11.8. The largest absolute Gasteiger partial charge is 0.355 e. The number of rotatable bonds is 5. The van der Waals surface area contributed by atoms with Crippen LogP contribution in [0.1, 0.15) is 20.9 Å². The normalized spacial score (nSPS) is 11.5. The zero-order valence-electron chi connectivity index (χ0n) is 16.9. The van der Waals surface area contributed by atoms with Gasteiger partial charge in [-0.2, -0.15) is 0 Å². The van der Waals surface area contributed by atoms with Crippen molar-refractivity contribution in [2.24, 2.45) is 0 Å². The molecule has 4 rings (SSSR count). The van der Waals surface area contributed by atoms with E-state index < -0.39 is 15.7 Å². The first-order valence-electron chi connectivity index (χ1n) is 9.20. The second kappa shape index (κ2) is 8.05. The molecule has 8 nitrogen and oxygen atoms in total. The van der Waals surface area contributed by atoms with Gasteiger partial charge in [0.25, 0.3) is 5.91 Å². The number of carbonyl (C=O) groups excluding carboxylic acids is 1. The Morgan fingerprint density at radius 1 is 1.06 bits per heavy atom. The number of carbonyl (C=O) groups is 1. The predicted molar refractivity (Wildman–Crippen MR) is 118 cm³/mol. The maximum absolute atomic E-state index is 12.9. The lowest BCUT2D eigenvalue weighted by Gasteiger charge is -2.03. The van der Waals surface area contributed by atoms with Crippen LogP contribution in [0.3, 0.4) is 0 Å². The van der Waals surface area contributed by atoms with Gasteiger partial charge in [0.2, 0.25) is 0 Å². The smallest absolute Gasteiger partial charge is 0.263 e. The molecule has 1 N–H and O–H groups in total. The van der Waals surface area contributed by atoms with Crippen molar-refractivity contribution >= 4 is 32.2 Å². The molecule has 0 aliphatic rings. The molecule has 0 radical (unpaired) electrons. The fourth-order valence-electron chi connectivity index (χ4n) is 2.99. The summed E-state index contributed by atoms with van der Waals surface area (Å²) in [4.78, 5) is 23.0. The van der Waals surface area contributed by atoms with E-state index in [0.29, 0.717) is 16.4 Å². The van der Waals surface area contributed by atoms with Crippen LogP contribution in [0.15, 0.2) is 58.1 Å². The molecule has 4 aromatic rings. The van der Waals surface area contributed by atoms with Crippen LogP contribution in [0.25, 0.3) is 22.7 Å². The first-order valence-corrected chi connectivity index (χ1v) is 11.9. The summed E-state index contributed by atoms with van der Waals surface area (Å²) in [7, 11) is -3.32. The third-order valence-electron chi connectivity index (χ3n) is 4.51. The number of aromatic nitrogens is 3. The van der Waals surface area contributed by atoms with E-state index in [1.54, 1.807) is 12.1 Å². The Morgan fingerprint density at radius 2 is 1.81 bits per heavy atom. The van der Waals surface area contributed by atoms with Crippen LogP contribution >= 0.6 is 11.3 Å². The van der Waals surface area contributed by atoms with E-state index in [2.05, 4.69) is 20.4 Å². The number of nitrogens with zero attached hydrogens (tertiary/aromatic N) is 3. The van der Waals surface area contributed by atoms with Crippen molar-refractivity contribution in [2.45, 2.75) is 18.7 Å². The molecule has 0 fully saturated rings. The highest BCUT2D eigenvalue weighted by Gasteiger charge is 2.21. The highest BCUT2D eigenvalue weighted by atomic mass is 32.2. The summed E-state index contributed by atoms with van der Waals surface area (Å²) < 4.78 is 28.6. The highest BCUT2D eigenvalue weighted by molar-refractivity contribution is 7.90. The fourth-order valence-corrected chi connectivity index (χ4v) is 4.44. The fraction of sp³-hybridized carbons (Fsp3) is 0.143. The van der Waals surface area contributed by atoms with Crippen LogP contribution in [0.4, 0.5) is 5.13 Å². The van der Waals surface area contributed by atoms with Crippen LogP contribution in [-0.4, -0.2) is 35.7 Å². The Balaban J connectivity index is 1.59. The van der Waals surface area contributed by atoms with Crippen molar-refractivity contribution in [3.05, 3.63) is 64.8 Å². The Labute approximate surface area is 182 Å². The summed E-state index contributed by atoms with van der Waals surface area (Å²) in [6.45, 7) is 3.82. The zero-order chi connectivity index (χ0) is 22.2. The predicted octanol–water partition coefficient (Wildman–Crippen LogP) is 4.13. The molecule has 10 heteroatoms. The van der Waals surface area contributed by atoms with Crippen molar-refractivity contribution in [2.75, 3.05) is 11.6 Å². The molecule has 0 spiro atoms. The SMILES string of the molecule is Cc1cccc(-c2nc(NC(=O)c3cnoc3-c3ccc(S(C)(=O)=O)cc3)sc2C)n1. The van der Waals surface area contributed by atoms with Crippen LogP contribution in [0.5, 0.6) is 0 Å². The van der Waals surface area contributed by atoms with E-state index >= 15 is 0 Å². The molecule has 0 aliphatic heterocycles. The van der Waals surface area contributed by atoms with Gasteiger partial charge >= 0.3 is 0 Å². The van der Waals surface area contributed by atoms with Gasteiger partial charge in [-0.3, -0.25) is 15.1 Å². The van der Waals surface area contributed by atoms with Crippen molar-refractivity contribution in [3.8, 4) is 22.7 Å². The molecular formula is C21H18N4O4S2. The van der Waals surface area contributed by atoms with E-state index in [1.807, 2.05) is 32.0 Å². The lowest BCUT2D eigenvalue weighted by atomic mass is 10.1. The van der Waals surface area contributed by atoms with E-state index in [9.17, 15) is 13.2 Å². The van der Waals surface area contributed by atoms with E-state index in [4.69, 9.17) is 4.52 Å². The Morgan fingerprint density at radius 3 is 2.48 bits per heavy atom. The number of benzene rings is 1. The van der Waals surface area contributed by atoms with Crippen molar-refractivity contribution in [1.29, 1.82) is 0 Å². The number of sulfone groups is 1. The van der Waals surface area contributed by atoms with Gasteiger partial charge in [-0.25, -0.2) is 13.4 Å². The third kappa shape index (κ3) is 4.39. The van der Waals surface area contributed by atoms with Crippen molar-refractivity contribution in [1.82, 2.24) is 15.1 Å². The van der Waals surface area contributed by atoms with Gasteiger partial charge in [-0.05, 0) is 50.2 Å². The van der Waals surface area contributed by atoms with Gasteiger partial charge in [-0.1, -0.05) is 11.2 Å². The monoisotopic (exact) mass is 454 g/mol. The van der Waals surface area contributed by atoms with Crippen LogP contribution < -0.4 is 5.32 Å². The summed E-state index contributed by atoms with van der Waals surface area (Å²) in [5, 5.41) is 6.94. The van der Waals surface area contributed by atoms with Crippen molar-refractivity contribution in [3.63, 3.8) is 0 Å². The standard InChI is InChI=1S/C21H18N4O4S2/c1-12-5-4-6-17(23-12)18-13(2)30-21(24-18)25-20(26)16-11-22-29-19(16)14-7-9-15(10-8-14)31(3,27)28/h4-11H,1-3H3,(H,24,25,26). The minimum absolute atomic E-state index is 0.178. The van der Waals surface area contributed by atoms with Crippen LogP contribution in [0, 0.1) is 13.8 Å². The molecule has 0 atom stereocenters. The maximum atomic E-state index is 12.9. The lowest BCUT2D eigenvalue weighted by Crippen LogP contribution is -2.11. The molecular weight excluding hydrogens is 436 g/mol. The molecule has 0 bridgehead atoms. The van der Waals surface area contributed by atoms with E-state index in [-0.39, 0.29) is 16.2 Å². The molecule has 0 saturated heterocycles. The summed E-state index contributed by atoms with van der Waals surface area (Å²) >= 11 is 1.35. The van der Waals surface area contributed by atoms with Crippen LogP contribution in [-0.2, 0) is 9.84 Å². The van der Waals surface area contributed by atoms with Gasteiger partial charge in [-0.15, -0.1) is 11.3 Å². The van der Waals surface area contributed by atoms with Gasteiger partial charge in [0.1, 0.15) is 11.3 Å². The number of aryl methyl sites for hydroxylation is 2. The molecule has 31 heavy (non-hydrogen) atoms. The molecule has 0 aliphatic carbocycles. The number of nitrogens with one attached hydrogen (secondary N) is 1. The quantitative estimate of drug-likeness (QED) is 0.482. The Kier molecular flexibility index (Phi) is 5.42. The average molecular weight is 455 g/mol. The topological polar surface area (TPSA) is 115 Å². The number of amides is 1. The first kappa shape index (κ1) is 20.9. The molecule has 158 valence electrons. The minimum atomic E-state index is -3.32. The van der Waals surface area contributed by atoms with Gasteiger partial charge < -0.3 is 4.52 Å². The number of pyridine rings is 1. The molecule has 3 aromatic heterocycles. The molecule has 0 unspecified atom stereocenters. The number of anilines is 1. The second-order valence-corrected chi connectivity index (χ2v) is 10.1. The van der Waals surface area contributed by atoms with Crippen molar-refractivity contribution < 1.29 is 17.7 Å². The average Bonchev–Trinajstić information content (AvgIpc) is 3.34. The second-order valence-electron chi connectivity index (χ2n) is 6.91. The van der Waals surface area contributed by atoms with Crippen LogP contribution in [0.2, 0.25) is 0 Å². The molecule has 3 heterocycles. The lowest BCUT2D eigenvalue weighted by molar-refractivity contribution is 0.102. The zero-order valence-corrected chi connectivity index (χ0v) is 18.5. The third-order valence-corrected chi connectivity index (χ3v) is 6.52. The number of hydrogen-bond acceptors (Lipinski definition) is 8. The van der Waals surface area contributed by atoms with E-state index in [0.717, 1.165) is 22.5 Å². The number of thiazole rings is 1. The molecule has 0 saturated carbocycles. The summed E-state index contributed by atoms with van der Waals surface area (Å²) in [5.74, 6) is -0.188. The van der Waals surface area contributed by atoms with Gasteiger partial charge in [0.15, 0.2) is 20.7 Å². The summed E-state index contributed by atoms with van der Waals surface area (Å²) in [5.41, 5.74) is 3.09. The Bertz CT molecular complexity index is 1370. The first-order chi connectivity index (χ1) is 14.7. The maximum Gasteiger partial charge on any atom is 0.263 e. The van der Waals surface area contributed by atoms with Gasteiger partial charge in [0, 0.05) is 22.4 Å². The van der Waals surface area contributed by atoms with E-state index in [1.165, 1.54) is 29.7 Å². The number of hydrogen-bond donors (Lipinski definition) is 1. The summed E-state index contributed by atoms with van der Waals surface area (Å²) in [6.07, 6.45) is 2.45. The minimum Gasteiger partial charge on any atom is -0.355 e. The highest BCUT2D eigenvalue weighted by Crippen LogP contribution is 2.31. The van der Waals surface area contributed by atoms with Gasteiger partial charge in [0.05, 0.1) is 16.8 Å². The molecule has 1 aromatic carbocycles.